The van der Waals surface area contributed by atoms with Crippen molar-refractivity contribution in [2.45, 2.75) is 38.1 Å². The van der Waals surface area contributed by atoms with E-state index in [1.165, 1.54) is 13.0 Å². The Hall–Kier alpha value is -1.57. The summed E-state index contributed by atoms with van der Waals surface area (Å²) >= 11 is 9.48. The van der Waals surface area contributed by atoms with Crippen LogP contribution in [0, 0.1) is 6.92 Å². The largest absolute Gasteiger partial charge is 0.308 e. The number of carbonyl (C=O) groups is 1. The maximum Gasteiger partial charge on any atom is 0.264 e. The smallest absolute Gasteiger partial charge is 0.264 e. The molecule has 3 rings (SSSR count). The molecule has 5 nitrogen and oxygen atoms in total. The van der Waals surface area contributed by atoms with Gasteiger partial charge in [0, 0.05) is 22.5 Å². The third-order valence-corrected chi connectivity index (χ3v) is 6.70. The molecule has 26 heavy (non-hydrogen) atoms. The maximum absolute atomic E-state index is 13.1. The molecule has 0 unspecified atom stereocenters. The zero-order valence-corrected chi connectivity index (χ0v) is 17.7. The maximum atomic E-state index is 13.1. The fraction of sp³-hybridized carbons (Fsp3) is 0.278. The molecular formula is C18H18BrClN2O3S. The highest BCUT2D eigenvalue weighted by molar-refractivity contribution is 9.10. The van der Waals surface area contributed by atoms with Crippen LogP contribution in [0.5, 0.6) is 0 Å². The van der Waals surface area contributed by atoms with Gasteiger partial charge in [-0.15, -0.1) is 0 Å². The van der Waals surface area contributed by atoms with Crippen LogP contribution in [-0.4, -0.2) is 20.4 Å². The van der Waals surface area contributed by atoms with E-state index in [2.05, 4.69) is 20.7 Å². The molecule has 1 aliphatic heterocycles. The lowest BCUT2D eigenvalue weighted by molar-refractivity contribution is -0.116. The zero-order valence-electron chi connectivity index (χ0n) is 14.5. The lowest BCUT2D eigenvalue weighted by atomic mass is 10.1. The Morgan fingerprint density at radius 1 is 1.35 bits per heavy atom. The number of hydrogen-bond acceptors (Lipinski definition) is 3. The second kappa shape index (κ2) is 6.87. The van der Waals surface area contributed by atoms with Crippen molar-refractivity contribution in [3.8, 4) is 0 Å². The summed E-state index contributed by atoms with van der Waals surface area (Å²) in [6.07, 6.45) is 0.604. The van der Waals surface area contributed by atoms with E-state index in [-0.39, 0.29) is 16.8 Å². The van der Waals surface area contributed by atoms with Gasteiger partial charge in [0.15, 0.2) is 0 Å². The Morgan fingerprint density at radius 3 is 2.69 bits per heavy atom. The number of nitrogens with one attached hydrogen (secondary N) is 1. The zero-order chi connectivity index (χ0) is 19.2. The fourth-order valence-electron chi connectivity index (χ4n) is 3.28. The number of sulfonamides is 1. The minimum absolute atomic E-state index is 0.0702. The predicted molar refractivity (Wildman–Crippen MR) is 107 cm³/mol. The minimum atomic E-state index is -3.92. The fourth-order valence-corrected chi connectivity index (χ4v) is 5.50. The second-order valence-electron chi connectivity index (χ2n) is 6.37. The van der Waals surface area contributed by atoms with Gasteiger partial charge >= 0.3 is 0 Å². The van der Waals surface area contributed by atoms with Crippen molar-refractivity contribution in [3.05, 3.63) is 51.0 Å². The summed E-state index contributed by atoms with van der Waals surface area (Å²) in [5.74, 6) is -0.186. The monoisotopic (exact) mass is 456 g/mol. The molecule has 8 heteroatoms. The molecule has 1 amide bonds. The van der Waals surface area contributed by atoms with Gasteiger partial charge in [-0.1, -0.05) is 33.6 Å². The first kappa shape index (κ1) is 19.2. The van der Waals surface area contributed by atoms with E-state index in [4.69, 9.17) is 11.6 Å². The lowest BCUT2D eigenvalue weighted by Crippen LogP contribution is -2.34. The quantitative estimate of drug-likeness (QED) is 0.737. The summed E-state index contributed by atoms with van der Waals surface area (Å²) in [5.41, 5.74) is 2.32. The first-order chi connectivity index (χ1) is 12.1. The number of amides is 1. The van der Waals surface area contributed by atoms with Gasteiger partial charge in [0.25, 0.3) is 10.0 Å². The average molecular weight is 458 g/mol. The van der Waals surface area contributed by atoms with Crippen molar-refractivity contribution >= 4 is 54.8 Å². The molecule has 138 valence electrons. The highest BCUT2D eigenvalue weighted by Crippen LogP contribution is 2.41. The van der Waals surface area contributed by atoms with Crippen molar-refractivity contribution in [2.75, 3.05) is 9.62 Å². The van der Waals surface area contributed by atoms with Crippen LogP contribution in [0.2, 0.25) is 5.02 Å². The van der Waals surface area contributed by atoms with Crippen LogP contribution in [-0.2, 0) is 21.2 Å². The third-order valence-electron chi connectivity index (χ3n) is 4.46. The van der Waals surface area contributed by atoms with Crippen LogP contribution in [0.3, 0.4) is 0 Å². The minimum Gasteiger partial charge on any atom is -0.308 e. The second-order valence-corrected chi connectivity index (χ2v) is 9.35. The summed E-state index contributed by atoms with van der Waals surface area (Å²) in [4.78, 5) is 13.7. The molecule has 0 saturated heterocycles. The Kier molecular flexibility index (Phi) is 5.07. The van der Waals surface area contributed by atoms with E-state index in [0.29, 0.717) is 32.9 Å². The molecule has 0 bridgehead atoms. The summed E-state index contributed by atoms with van der Waals surface area (Å²) in [6, 6.07) is 8.32. The van der Waals surface area contributed by atoms with E-state index >= 15 is 0 Å². The lowest BCUT2D eigenvalue weighted by Gasteiger charge is -2.23. The first-order valence-corrected chi connectivity index (χ1v) is 10.7. The van der Waals surface area contributed by atoms with Crippen molar-refractivity contribution in [3.63, 3.8) is 0 Å². The number of rotatable bonds is 3. The molecule has 1 aliphatic rings. The summed E-state index contributed by atoms with van der Waals surface area (Å²) in [5, 5.41) is 0.476. The number of hydrogen-bond donors (Lipinski definition) is 1. The van der Waals surface area contributed by atoms with Crippen LogP contribution >= 0.6 is 27.5 Å². The molecule has 0 aliphatic carbocycles. The van der Waals surface area contributed by atoms with Crippen LogP contribution in [0.4, 0.5) is 11.4 Å². The van der Waals surface area contributed by atoms with Gasteiger partial charge in [-0.05, 0) is 55.7 Å². The molecular weight excluding hydrogens is 440 g/mol. The Morgan fingerprint density at radius 2 is 2.04 bits per heavy atom. The molecule has 0 saturated carbocycles. The predicted octanol–water partition coefficient (Wildman–Crippen LogP) is 4.51. The van der Waals surface area contributed by atoms with E-state index < -0.39 is 10.0 Å². The normalized spacial score (nSPS) is 16.5. The standard InChI is InChI=1S/C18H18BrClN2O3S/c1-10-7-13-8-14(19)9-17(18(13)22(10)12(3)23)26(24,25)21-16-6-4-5-15(20)11(16)2/h4-6,8-10,21H,7H2,1-3H3/t10-/m0/s1. The van der Waals surface area contributed by atoms with E-state index in [0.717, 1.165) is 5.56 Å². The average Bonchev–Trinajstić information content (AvgIpc) is 2.86. The van der Waals surface area contributed by atoms with Gasteiger partial charge in [-0.25, -0.2) is 8.42 Å². The molecule has 2 aromatic carbocycles. The SMILES string of the molecule is CC(=O)N1c2c(cc(Br)cc2S(=O)(=O)Nc2cccc(Cl)c2C)C[C@@H]1C. The molecule has 0 fully saturated rings. The van der Waals surface area contributed by atoms with E-state index in [9.17, 15) is 13.2 Å². The van der Waals surface area contributed by atoms with Gasteiger partial charge in [0.1, 0.15) is 4.90 Å². The van der Waals surface area contributed by atoms with Crippen molar-refractivity contribution in [1.82, 2.24) is 0 Å². The molecule has 1 heterocycles. The molecule has 1 atom stereocenters. The number of anilines is 2. The Bertz CT molecular complexity index is 1010. The topological polar surface area (TPSA) is 66.5 Å². The molecule has 2 aromatic rings. The van der Waals surface area contributed by atoms with Gasteiger partial charge in [0.05, 0.1) is 11.4 Å². The van der Waals surface area contributed by atoms with Crippen LogP contribution in [0.15, 0.2) is 39.7 Å². The number of fused-ring (bicyclic) bond motifs is 1. The van der Waals surface area contributed by atoms with Crippen LogP contribution in [0.25, 0.3) is 0 Å². The Balaban J connectivity index is 2.15. The molecule has 0 aromatic heterocycles. The highest BCUT2D eigenvalue weighted by atomic mass is 79.9. The summed E-state index contributed by atoms with van der Waals surface area (Å²) in [6.45, 7) is 5.09. The molecule has 1 N–H and O–H groups in total. The Labute approximate surface area is 166 Å². The summed E-state index contributed by atoms with van der Waals surface area (Å²) in [7, 11) is -3.92. The van der Waals surface area contributed by atoms with Crippen molar-refractivity contribution in [2.24, 2.45) is 0 Å². The first-order valence-electron chi connectivity index (χ1n) is 8.02. The van der Waals surface area contributed by atoms with E-state index in [1.54, 1.807) is 30.0 Å². The van der Waals surface area contributed by atoms with Crippen molar-refractivity contribution in [1.29, 1.82) is 0 Å². The third kappa shape index (κ3) is 3.35. The van der Waals surface area contributed by atoms with Gasteiger partial charge in [-0.2, -0.15) is 0 Å². The number of carbonyl (C=O) groups excluding carboxylic acids is 1. The highest BCUT2D eigenvalue weighted by Gasteiger charge is 2.35. The molecule has 0 radical (unpaired) electrons. The van der Waals surface area contributed by atoms with Crippen molar-refractivity contribution < 1.29 is 13.2 Å². The van der Waals surface area contributed by atoms with Crippen LogP contribution in [0.1, 0.15) is 25.0 Å². The molecule has 0 spiro atoms. The number of nitrogens with zero attached hydrogens (tertiary/aromatic N) is 1. The van der Waals surface area contributed by atoms with Gasteiger partial charge < -0.3 is 4.90 Å². The van der Waals surface area contributed by atoms with Gasteiger partial charge in [0.2, 0.25) is 5.91 Å². The van der Waals surface area contributed by atoms with E-state index in [1.807, 2.05) is 13.0 Å². The number of halogens is 2. The summed E-state index contributed by atoms with van der Waals surface area (Å²) < 4.78 is 29.5. The van der Waals surface area contributed by atoms with Gasteiger partial charge in [-0.3, -0.25) is 9.52 Å². The number of benzene rings is 2. The van der Waals surface area contributed by atoms with Crippen LogP contribution < -0.4 is 9.62 Å².